The number of ether oxygens (including phenoxy) is 2. The number of hydrogen-bond donors (Lipinski definition) is 1. The molecule has 41 heavy (non-hydrogen) atoms. The number of halogens is 1. The fraction of sp³-hybridized carbons (Fsp3) is 0.385. The molecule has 0 radical (unpaired) electrons. The molecule has 0 saturated carbocycles. The number of thiophene rings is 1. The molecule has 0 aliphatic carbocycles. The van der Waals surface area contributed by atoms with E-state index in [4.69, 9.17) is 15.2 Å². The Morgan fingerprint density at radius 3 is 2.51 bits per heavy atom. The molecule has 3 aromatic heterocycles. The minimum absolute atomic E-state index is 0. The highest BCUT2D eigenvalue weighted by Gasteiger charge is 2.29. The lowest BCUT2D eigenvalue weighted by Gasteiger charge is -2.25. The van der Waals surface area contributed by atoms with Crippen LogP contribution in [0.5, 0.6) is 5.75 Å². The maximum absolute atomic E-state index is 14.4. The summed E-state index contributed by atoms with van der Waals surface area (Å²) in [6, 6.07) is 4.78. The summed E-state index contributed by atoms with van der Waals surface area (Å²) in [7, 11) is 1.41. The quantitative estimate of drug-likeness (QED) is 0.290. The van der Waals surface area contributed by atoms with Crippen molar-refractivity contribution in [3.8, 4) is 16.8 Å². The molecular formula is C26H30FN7O5S2. The van der Waals surface area contributed by atoms with Gasteiger partial charge >= 0.3 is 5.69 Å². The normalized spacial score (nSPS) is 12.9. The third kappa shape index (κ3) is 6.04. The predicted molar refractivity (Wildman–Crippen MR) is 155 cm³/mol. The van der Waals surface area contributed by atoms with Crippen molar-refractivity contribution in [2.24, 2.45) is 11.1 Å². The first-order valence-electron chi connectivity index (χ1n) is 12.2. The second-order valence-electron chi connectivity index (χ2n) is 9.86. The highest BCUT2D eigenvalue weighted by atomic mass is 32.1. The fourth-order valence-electron chi connectivity index (χ4n) is 4.20. The molecule has 0 bridgehead atoms. The first-order valence-corrected chi connectivity index (χ1v) is 13.0. The summed E-state index contributed by atoms with van der Waals surface area (Å²) >= 11 is 1.10. The van der Waals surface area contributed by atoms with Crippen LogP contribution in [0.3, 0.4) is 0 Å². The summed E-state index contributed by atoms with van der Waals surface area (Å²) in [6.07, 6.45) is 1.95. The molecule has 15 heteroatoms. The summed E-state index contributed by atoms with van der Waals surface area (Å²) in [6.45, 7) is 6.13. The molecule has 1 aromatic carbocycles. The molecule has 0 aliphatic rings. The number of amides is 1. The summed E-state index contributed by atoms with van der Waals surface area (Å²) in [4.78, 5) is 41.2. The van der Waals surface area contributed by atoms with Crippen LogP contribution in [0, 0.1) is 29.5 Å². The lowest BCUT2D eigenvalue weighted by molar-refractivity contribution is -0.120. The summed E-state index contributed by atoms with van der Waals surface area (Å²) in [5, 5.41) is 18.5. The Hall–Kier alpha value is -4.00. The Kier molecular flexibility index (Phi) is 9.42. The zero-order chi connectivity index (χ0) is 29.4. The number of nitrogens with zero attached hydrogens (tertiary/aromatic N) is 6. The molecule has 4 rings (SSSR count). The molecule has 1 amide bonds. The number of carbonyl (C=O) groups excluding carboxylic acids is 1. The highest BCUT2D eigenvalue weighted by molar-refractivity contribution is 7.59. The van der Waals surface area contributed by atoms with Crippen LogP contribution in [0.4, 0.5) is 4.39 Å². The Morgan fingerprint density at radius 2 is 1.93 bits per heavy atom. The van der Waals surface area contributed by atoms with Crippen molar-refractivity contribution in [1.29, 1.82) is 5.26 Å². The fourth-order valence-corrected chi connectivity index (χ4v) is 5.42. The number of primary amides is 1. The van der Waals surface area contributed by atoms with Crippen molar-refractivity contribution in [3.05, 3.63) is 68.4 Å². The number of methoxy groups -OCH3 is 1. The topological polar surface area (TPSA) is 160 Å². The molecule has 0 fully saturated rings. The highest BCUT2D eigenvalue weighted by Crippen LogP contribution is 2.34. The van der Waals surface area contributed by atoms with E-state index in [0.29, 0.717) is 21.9 Å². The van der Waals surface area contributed by atoms with Gasteiger partial charge in [-0.25, -0.2) is 13.8 Å². The van der Waals surface area contributed by atoms with Gasteiger partial charge in [-0.05, 0) is 45.9 Å². The maximum atomic E-state index is 14.4. The molecular weight excluding hydrogens is 573 g/mol. The summed E-state index contributed by atoms with van der Waals surface area (Å²) in [5.74, 6) is -1.14. The monoisotopic (exact) mass is 603 g/mol. The van der Waals surface area contributed by atoms with Crippen molar-refractivity contribution < 1.29 is 18.7 Å². The van der Waals surface area contributed by atoms with Crippen molar-refractivity contribution in [2.45, 2.75) is 46.4 Å². The van der Waals surface area contributed by atoms with Crippen LogP contribution in [0.1, 0.15) is 44.0 Å². The Balaban J connectivity index is 0.00000462. The summed E-state index contributed by atoms with van der Waals surface area (Å²) < 4.78 is 28.1. The number of aryl methyl sites for hydroxylation is 1. The van der Waals surface area contributed by atoms with Crippen LogP contribution in [0.15, 0.2) is 40.2 Å². The van der Waals surface area contributed by atoms with Crippen LogP contribution in [-0.2, 0) is 16.1 Å². The number of fused-ring (bicyclic) bond motifs is 1. The maximum Gasteiger partial charge on any atom is 0.332 e. The third-order valence-electron chi connectivity index (χ3n) is 6.45. The van der Waals surface area contributed by atoms with E-state index in [1.54, 1.807) is 20.8 Å². The van der Waals surface area contributed by atoms with E-state index in [1.807, 2.05) is 0 Å². The van der Waals surface area contributed by atoms with E-state index in [0.717, 1.165) is 15.9 Å². The Morgan fingerprint density at radius 1 is 1.27 bits per heavy atom. The van der Waals surface area contributed by atoms with Gasteiger partial charge in [-0.1, -0.05) is 11.3 Å². The van der Waals surface area contributed by atoms with Crippen molar-refractivity contribution >= 4 is 41.0 Å². The largest absolute Gasteiger partial charge is 0.496 e. The van der Waals surface area contributed by atoms with E-state index < -0.39 is 40.5 Å². The van der Waals surface area contributed by atoms with Gasteiger partial charge < -0.3 is 15.2 Å². The van der Waals surface area contributed by atoms with Gasteiger partial charge in [0, 0.05) is 11.1 Å². The van der Waals surface area contributed by atoms with Crippen LogP contribution in [-0.4, -0.2) is 43.8 Å². The average Bonchev–Trinajstić information content (AvgIpc) is 3.56. The van der Waals surface area contributed by atoms with Gasteiger partial charge in [0.1, 0.15) is 33.5 Å². The number of rotatable bonds is 10. The van der Waals surface area contributed by atoms with Gasteiger partial charge in [0.05, 0.1) is 49.5 Å². The summed E-state index contributed by atoms with van der Waals surface area (Å²) in [5.41, 5.74) is 3.87. The van der Waals surface area contributed by atoms with Gasteiger partial charge in [0.2, 0.25) is 5.91 Å². The Labute approximate surface area is 245 Å². The van der Waals surface area contributed by atoms with E-state index in [1.165, 1.54) is 54.0 Å². The van der Waals surface area contributed by atoms with Gasteiger partial charge in [0.15, 0.2) is 0 Å². The molecule has 3 heterocycles. The van der Waals surface area contributed by atoms with E-state index >= 15 is 0 Å². The number of nitriles is 1. The second-order valence-corrected chi connectivity index (χ2v) is 10.8. The minimum atomic E-state index is -1.26. The number of hydrogen-bond acceptors (Lipinski definition) is 9. The van der Waals surface area contributed by atoms with E-state index in [9.17, 15) is 24.0 Å². The standard InChI is InChI=1S/C26H28FN7O5S.H2S/c1-14-20-22(36)33(15(2)21(29)35)25(37)32(24(20)40-23(14)34-30-8-9-31-34)11-19(39-13-26(3,4)12-28)17-10-16(27)6-7-18(17)38-5;/h6-10,15,19H,11,13H2,1-5H3,(H2,29,35);1H2/t15-,19-;/m0./s1. The minimum Gasteiger partial charge on any atom is -0.496 e. The van der Waals surface area contributed by atoms with E-state index in [2.05, 4.69) is 16.3 Å². The van der Waals surface area contributed by atoms with Gasteiger partial charge in [-0.2, -0.15) is 29.0 Å². The van der Waals surface area contributed by atoms with Crippen molar-refractivity contribution in [2.75, 3.05) is 13.7 Å². The molecule has 2 atom stereocenters. The first kappa shape index (κ1) is 31.5. The smallest absolute Gasteiger partial charge is 0.332 e. The number of nitrogens with two attached hydrogens (primary N) is 1. The predicted octanol–water partition coefficient (Wildman–Crippen LogP) is 2.73. The molecule has 0 saturated heterocycles. The molecule has 12 nitrogen and oxygen atoms in total. The van der Waals surface area contributed by atoms with Crippen LogP contribution in [0.2, 0.25) is 0 Å². The number of aromatic nitrogens is 5. The third-order valence-corrected chi connectivity index (χ3v) is 7.73. The number of benzene rings is 1. The van der Waals surface area contributed by atoms with Crippen LogP contribution < -0.4 is 21.7 Å². The zero-order valence-corrected chi connectivity index (χ0v) is 24.9. The molecule has 4 aromatic rings. The van der Waals surface area contributed by atoms with Crippen molar-refractivity contribution in [1.82, 2.24) is 24.1 Å². The van der Waals surface area contributed by atoms with Gasteiger partial charge in [0.25, 0.3) is 5.56 Å². The SMILES string of the molecule is COc1ccc(F)cc1[C@H](Cn1c(=O)n([C@@H](C)C(N)=O)c(=O)c2c(C)c(-n3nccn3)sc21)OCC(C)(C)C#N.S. The average molecular weight is 604 g/mol. The lowest BCUT2D eigenvalue weighted by Crippen LogP contribution is -2.45. The molecule has 0 unspecified atom stereocenters. The van der Waals surface area contributed by atoms with E-state index in [-0.39, 0.29) is 36.9 Å². The lowest BCUT2D eigenvalue weighted by atomic mass is 9.97. The molecule has 2 N–H and O–H groups in total. The van der Waals surface area contributed by atoms with Crippen molar-refractivity contribution in [3.63, 3.8) is 0 Å². The molecule has 0 aliphatic heterocycles. The van der Waals surface area contributed by atoms with Gasteiger partial charge in [-0.3, -0.25) is 14.2 Å². The molecule has 218 valence electrons. The Bertz CT molecular complexity index is 1740. The zero-order valence-electron chi connectivity index (χ0n) is 23.0. The van der Waals surface area contributed by atoms with Gasteiger partial charge in [-0.15, -0.1) is 4.80 Å². The second kappa shape index (κ2) is 12.2. The number of carbonyl (C=O) groups is 1. The first-order chi connectivity index (χ1) is 18.9. The van der Waals surface area contributed by atoms with Crippen LogP contribution in [0.25, 0.3) is 15.2 Å². The van der Waals surface area contributed by atoms with Crippen LogP contribution >= 0.6 is 24.8 Å². The molecule has 0 spiro atoms.